The van der Waals surface area contributed by atoms with E-state index in [1.807, 2.05) is 6.92 Å². The average Bonchev–Trinajstić information content (AvgIpc) is 2.92. The Balaban J connectivity index is 2.00. The van der Waals surface area contributed by atoms with Crippen LogP contribution in [0.2, 0.25) is 0 Å². The lowest BCUT2D eigenvalue weighted by atomic mass is 10.1. The van der Waals surface area contributed by atoms with Crippen molar-refractivity contribution in [2.75, 3.05) is 7.11 Å². The highest BCUT2D eigenvalue weighted by molar-refractivity contribution is 7.21. The number of hydrogen-bond donors (Lipinski definition) is 1. The molecular weight excluding hydrogens is 385 g/mol. The van der Waals surface area contributed by atoms with Crippen LogP contribution >= 0.6 is 11.3 Å². The molecule has 3 aromatic rings. The highest BCUT2D eigenvalue weighted by atomic mass is 32.1. The minimum absolute atomic E-state index is 0.0201. The number of aryl methyl sites for hydroxylation is 1. The van der Waals surface area contributed by atoms with Gasteiger partial charge in [0.1, 0.15) is 17.2 Å². The van der Waals surface area contributed by atoms with Crippen LogP contribution in [0.25, 0.3) is 10.1 Å². The fraction of sp³-hybridized carbons (Fsp3) is 0.167. The highest BCUT2D eigenvalue weighted by Gasteiger charge is 2.31. The second-order valence-electron chi connectivity index (χ2n) is 5.50. The molecule has 0 radical (unpaired) electrons. The Bertz CT molecular complexity index is 993. The number of carboxylic acids is 1. The largest absolute Gasteiger partial charge is 0.573 e. The third kappa shape index (κ3) is 4.08. The number of carboxylic acid groups (broad SMARTS) is 1. The van der Waals surface area contributed by atoms with Gasteiger partial charge in [-0.2, -0.15) is 0 Å². The van der Waals surface area contributed by atoms with Gasteiger partial charge in [-0.05, 0) is 48.9 Å². The molecule has 0 saturated carbocycles. The minimum atomic E-state index is -4.79. The number of fused-ring (bicyclic) bond motifs is 1. The Hall–Kier alpha value is -2.94. The number of aromatic carboxylic acids is 1. The molecule has 0 amide bonds. The van der Waals surface area contributed by atoms with Gasteiger partial charge in [0.25, 0.3) is 0 Å². The van der Waals surface area contributed by atoms with Gasteiger partial charge in [0.05, 0.1) is 7.11 Å². The maximum Gasteiger partial charge on any atom is 0.573 e. The van der Waals surface area contributed by atoms with Crippen molar-refractivity contribution in [1.29, 1.82) is 0 Å². The van der Waals surface area contributed by atoms with Crippen LogP contribution in [-0.4, -0.2) is 24.5 Å². The number of rotatable bonds is 5. The van der Waals surface area contributed by atoms with Gasteiger partial charge in [-0.3, -0.25) is 0 Å². The standard InChI is InChI=1S/C18H13F3O5S/c1-9-7-14-12(8-13(9)24-2)15(16(27-14)17(22)23)25-10-3-5-11(6-4-10)26-18(19,20)21/h3-8H,1-2H3,(H,22,23). The topological polar surface area (TPSA) is 65.0 Å². The number of alkyl halides is 3. The third-order valence-corrected chi connectivity index (χ3v) is 4.75. The second kappa shape index (κ2) is 6.99. The van der Waals surface area contributed by atoms with Crippen molar-refractivity contribution in [3.05, 3.63) is 46.8 Å². The Morgan fingerprint density at radius 3 is 2.30 bits per heavy atom. The van der Waals surface area contributed by atoms with Gasteiger partial charge in [0.15, 0.2) is 10.6 Å². The molecule has 0 aliphatic heterocycles. The number of benzene rings is 2. The molecule has 0 saturated heterocycles. The molecular formula is C18H13F3O5S. The van der Waals surface area contributed by atoms with Crippen LogP contribution in [0.3, 0.4) is 0 Å². The monoisotopic (exact) mass is 398 g/mol. The number of methoxy groups -OCH3 is 1. The van der Waals surface area contributed by atoms with Gasteiger partial charge in [0.2, 0.25) is 0 Å². The highest BCUT2D eigenvalue weighted by Crippen LogP contribution is 2.43. The van der Waals surface area contributed by atoms with Gasteiger partial charge >= 0.3 is 12.3 Å². The molecule has 0 bridgehead atoms. The van der Waals surface area contributed by atoms with E-state index in [0.29, 0.717) is 15.8 Å². The first-order valence-corrected chi connectivity index (χ1v) is 8.37. The van der Waals surface area contributed by atoms with Crippen LogP contribution in [0.1, 0.15) is 15.2 Å². The summed E-state index contributed by atoms with van der Waals surface area (Å²) >= 11 is 1.04. The lowest BCUT2D eigenvalue weighted by Crippen LogP contribution is -2.16. The van der Waals surface area contributed by atoms with Crippen LogP contribution in [0.4, 0.5) is 13.2 Å². The fourth-order valence-electron chi connectivity index (χ4n) is 2.49. The lowest BCUT2D eigenvalue weighted by Gasteiger charge is -2.10. The van der Waals surface area contributed by atoms with Crippen molar-refractivity contribution >= 4 is 27.4 Å². The van der Waals surface area contributed by atoms with Crippen molar-refractivity contribution in [1.82, 2.24) is 0 Å². The summed E-state index contributed by atoms with van der Waals surface area (Å²) in [7, 11) is 1.50. The zero-order valence-electron chi connectivity index (χ0n) is 14.1. The molecule has 1 heterocycles. The van der Waals surface area contributed by atoms with Crippen LogP contribution in [0.15, 0.2) is 36.4 Å². The molecule has 3 rings (SSSR count). The molecule has 0 fully saturated rings. The van der Waals surface area contributed by atoms with E-state index < -0.39 is 18.1 Å². The predicted molar refractivity (Wildman–Crippen MR) is 93.3 cm³/mol. The normalized spacial score (nSPS) is 11.4. The van der Waals surface area contributed by atoms with Crippen molar-refractivity contribution in [2.24, 2.45) is 0 Å². The van der Waals surface area contributed by atoms with Crippen LogP contribution < -0.4 is 14.2 Å². The lowest BCUT2D eigenvalue weighted by molar-refractivity contribution is -0.274. The van der Waals surface area contributed by atoms with E-state index in [4.69, 9.17) is 9.47 Å². The molecule has 142 valence electrons. The van der Waals surface area contributed by atoms with Crippen LogP contribution in [0, 0.1) is 6.92 Å². The first kappa shape index (κ1) is 18.8. The van der Waals surface area contributed by atoms with Gasteiger partial charge in [-0.1, -0.05) is 0 Å². The van der Waals surface area contributed by atoms with Crippen molar-refractivity contribution < 1.29 is 37.3 Å². The molecule has 0 spiro atoms. The van der Waals surface area contributed by atoms with Gasteiger partial charge in [0, 0.05) is 10.1 Å². The summed E-state index contributed by atoms with van der Waals surface area (Å²) in [5.74, 6) is -0.729. The summed E-state index contributed by atoms with van der Waals surface area (Å²) in [5, 5.41) is 10.0. The number of hydrogen-bond acceptors (Lipinski definition) is 5. The predicted octanol–water partition coefficient (Wildman–Crippen LogP) is 5.61. The summed E-state index contributed by atoms with van der Waals surface area (Å²) in [4.78, 5) is 11.6. The van der Waals surface area contributed by atoms with E-state index in [-0.39, 0.29) is 16.4 Å². The molecule has 5 nitrogen and oxygen atoms in total. The van der Waals surface area contributed by atoms with E-state index in [1.165, 1.54) is 19.2 Å². The molecule has 0 unspecified atom stereocenters. The maximum absolute atomic E-state index is 12.2. The molecule has 27 heavy (non-hydrogen) atoms. The number of carbonyl (C=O) groups is 1. The number of thiophene rings is 1. The van der Waals surface area contributed by atoms with E-state index in [0.717, 1.165) is 29.0 Å². The van der Waals surface area contributed by atoms with E-state index in [9.17, 15) is 23.1 Å². The zero-order chi connectivity index (χ0) is 19.8. The number of ether oxygens (including phenoxy) is 3. The Labute approximate surface area is 155 Å². The third-order valence-electron chi connectivity index (χ3n) is 3.63. The second-order valence-corrected chi connectivity index (χ2v) is 6.56. The quantitative estimate of drug-likeness (QED) is 0.605. The summed E-state index contributed by atoms with van der Waals surface area (Å²) < 4.78 is 52.2. The SMILES string of the molecule is COc1cc2c(Oc3ccc(OC(F)(F)F)cc3)c(C(=O)O)sc2cc1C. The Kier molecular flexibility index (Phi) is 4.88. The summed E-state index contributed by atoms with van der Waals surface area (Å²) in [6.45, 7) is 1.83. The molecule has 0 atom stereocenters. The van der Waals surface area contributed by atoms with E-state index in [2.05, 4.69) is 4.74 Å². The Morgan fingerprint density at radius 2 is 1.74 bits per heavy atom. The molecule has 0 aliphatic rings. The first-order valence-electron chi connectivity index (χ1n) is 7.56. The van der Waals surface area contributed by atoms with Crippen LogP contribution in [-0.2, 0) is 0 Å². The van der Waals surface area contributed by atoms with E-state index in [1.54, 1.807) is 12.1 Å². The first-order chi connectivity index (χ1) is 12.7. The smallest absolute Gasteiger partial charge is 0.496 e. The molecule has 0 aliphatic carbocycles. The number of halogens is 3. The summed E-state index contributed by atoms with van der Waals surface area (Å²) in [6, 6.07) is 8.16. The van der Waals surface area contributed by atoms with E-state index >= 15 is 0 Å². The Morgan fingerprint density at radius 1 is 1.11 bits per heavy atom. The van der Waals surface area contributed by atoms with Crippen molar-refractivity contribution in [3.8, 4) is 23.0 Å². The minimum Gasteiger partial charge on any atom is -0.496 e. The van der Waals surface area contributed by atoms with Crippen molar-refractivity contribution in [3.63, 3.8) is 0 Å². The summed E-state index contributed by atoms with van der Waals surface area (Å²) in [5.41, 5.74) is 0.836. The van der Waals surface area contributed by atoms with Gasteiger partial charge in [-0.15, -0.1) is 24.5 Å². The van der Waals surface area contributed by atoms with Gasteiger partial charge in [-0.25, -0.2) is 4.79 Å². The fourth-order valence-corrected chi connectivity index (χ4v) is 3.54. The molecule has 1 aromatic heterocycles. The maximum atomic E-state index is 12.2. The summed E-state index contributed by atoms with van der Waals surface area (Å²) in [6.07, 6.45) is -4.79. The van der Waals surface area contributed by atoms with Crippen molar-refractivity contribution in [2.45, 2.75) is 13.3 Å². The molecule has 1 N–H and O–H groups in total. The molecule has 9 heteroatoms. The van der Waals surface area contributed by atoms with Crippen LogP contribution in [0.5, 0.6) is 23.0 Å². The van der Waals surface area contributed by atoms with Gasteiger partial charge < -0.3 is 19.3 Å². The zero-order valence-corrected chi connectivity index (χ0v) is 14.9. The molecule has 2 aromatic carbocycles. The average molecular weight is 398 g/mol.